The number of hydrogen-bond donors (Lipinski definition) is 1. The van der Waals surface area contributed by atoms with Gasteiger partial charge in [0.2, 0.25) is 0 Å². The van der Waals surface area contributed by atoms with Crippen molar-refractivity contribution in [2.24, 2.45) is 0 Å². The van der Waals surface area contributed by atoms with Crippen molar-refractivity contribution >= 4 is 15.7 Å². The van der Waals surface area contributed by atoms with Crippen molar-refractivity contribution < 1.29 is 26.3 Å². The fourth-order valence-corrected chi connectivity index (χ4v) is 3.57. The minimum absolute atomic E-state index is 0.0510. The van der Waals surface area contributed by atoms with Gasteiger partial charge in [-0.05, 0) is 61.5 Å². The summed E-state index contributed by atoms with van der Waals surface area (Å²) in [6, 6.07) is 12.7. The van der Waals surface area contributed by atoms with Crippen LogP contribution in [0.15, 0.2) is 59.5 Å². The molecule has 0 saturated heterocycles. The molecule has 1 heterocycles. The Morgan fingerprint density at radius 3 is 2.14 bits per heavy atom. The standard InChI is InChI=1S/C18H16F3N3O3S/c1-12-11-17(18(19,20)21)22-24(12)14-5-3-13(4-6-14)23-28(25,26)16-9-7-15(27-2)8-10-16/h3-11,23H,1-2H3. The molecule has 0 amide bonds. The number of nitrogens with one attached hydrogen (secondary N) is 1. The van der Waals surface area contributed by atoms with E-state index in [1.54, 1.807) is 0 Å². The molecule has 3 rings (SSSR count). The van der Waals surface area contributed by atoms with Gasteiger partial charge in [0.25, 0.3) is 10.0 Å². The van der Waals surface area contributed by atoms with Crippen LogP contribution >= 0.6 is 0 Å². The van der Waals surface area contributed by atoms with Crippen LogP contribution in [-0.4, -0.2) is 25.3 Å². The highest BCUT2D eigenvalue weighted by Crippen LogP contribution is 2.29. The van der Waals surface area contributed by atoms with Crippen molar-refractivity contribution in [3.8, 4) is 11.4 Å². The second kappa shape index (κ2) is 7.19. The minimum atomic E-state index is -4.54. The molecule has 1 N–H and O–H groups in total. The van der Waals surface area contributed by atoms with Crippen LogP contribution in [0.4, 0.5) is 18.9 Å². The molecule has 2 aromatic carbocycles. The highest BCUT2D eigenvalue weighted by molar-refractivity contribution is 7.92. The maximum atomic E-state index is 12.8. The summed E-state index contributed by atoms with van der Waals surface area (Å²) in [5.74, 6) is 0.524. The fourth-order valence-electron chi connectivity index (χ4n) is 2.51. The van der Waals surface area contributed by atoms with Crippen LogP contribution in [-0.2, 0) is 16.2 Å². The van der Waals surface area contributed by atoms with Crippen LogP contribution in [0, 0.1) is 6.92 Å². The third-order valence-electron chi connectivity index (χ3n) is 3.91. The maximum Gasteiger partial charge on any atom is 0.435 e. The topological polar surface area (TPSA) is 73.2 Å². The molecular weight excluding hydrogens is 395 g/mol. The molecule has 148 valence electrons. The van der Waals surface area contributed by atoms with E-state index in [9.17, 15) is 21.6 Å². The summed E-state index contributed by atoms with van der Waals surface area (Å²) in [5.41, 5.74) is -0.0472. The smallest absolute Gasteiger partial charge is 0.435 e. The average Bonchev–Trinajstić information content (AvgIpc) is 3.04. The maximum absolute atomic E-state index is 12.8. The third-order valence-corrected chi connectivity index (χ3v) is 5.31. The summed E-state index contributed by atoms with van der Waals surface area (Å²) in [5, 5.41) is 3.56. The largest absolute Gasteiger partial charge is 0.497 e. The second-order valence-electron chi connectivity index (χ2n) is 5.91. The Kier molecular flexibility index (Phi) is 5.07. The molecule has 0 aliphatic rings. The lowest BCUT2D eigenvalue weighted by Gasteiger charge is -2.10. The van der Waals surface area contributed by atoms with E-state index in [-0.39, 0.29) is 10.6 Å². The summed E-state index contributed by atoms with van der Waals surface area (Å²) in [6.45, 7) is 1.50. The van der Waals surface area contributed by atoms with Crippen molar-refractivity contribution in [2.45, 2.75) is 18.0 Å². The molecule has 0 unspecified atom stereocenters. The number of ether oxygens (including phenoxy) is 1. The number of rotatable bonds is 5. The lowest BCUT2D eigenvalue weighted by atomic mass is 10.3. The van der Waals surface area contributed by atoms with Crippen LogP contribution in [0.25, 0.3) is 5.69 Å². The quantitative estimate of drug-likeness (QED) is 0.689. The van der Waals surface area contributed by atoms with E-state index in [0.717, 1.165) is 10.7 Å². The Morgan fingerprint density at radius 1 is 1.04 bits per heavy atom. The molecule has 0 radical (unpaired) electrons. The van der Waals surface area contributed by atoms with E-state index >= 15 is 0 Å². The predicted molar refractivity (Wildman–Crippen MR) is 97.1 cm³/mol. The first-order valence-corrected chi connectivity index (χ1v) is 9.49. The van der Waals surface area contributed by atoms with Crippen LogP contribution in [0.3, 0.4) is 0 Å². The zero-order valence-corrected chi connectivity index (χ0v) is 15.7. The molecule has 28 heavy (non-hydrogen) atoms. The SMILES string of the molecule is COc1ccc(S(=O)(=O)Nc2ccc(-n3nc(C(F)(F)F)cc3C)cc2)cc1. The molecule has 0 spiro atoms. The zero-order chi connectivity index (χ0) is 20.5. The predicted octanol–water partition coefficient (Wildman–Crippen LogP) is 4.01. The number of methoxy groups -OCH3 is 1. The first kappa shape index (κ1) is 19.7. The Hall–Kier alpha value is -3.01. The lowest BCUT2D eigenvalue weighted by Crippen LogP contribution is -2.13. The molecule has 0 atom stereocenters. The molecule has 10 heteroatoms. The van der Waals surface area contributed by atoms with Gasteiger partial charge < -0.3 is 4.74 Å². The number of anilines is 1. The van der Waals surface area contributed by atoms with Crippen LogP contribution in [0.5, 0.6) is 5.75 Å². The van der Waals surface area contributed by atoms with E-state index in [2.05, 4.69) is 9.82 Å². The van der Waals surface area contributed by atoms with Gasteiger partial charge in [0.15, 0.2) is 5.69 Å². The molecule has 0 fully saturated rings. The van der Waals surface area contributed by atoms with Gasteiger partial charge >= 0.3 is 6.18 Å². The number of alkyl halides is 3. The van der Waals surface area contributed by atoms with Crippen LogP contribution in [0.1, 0.15) is 11.4 Å². The second-order valence-corrected chi connectivity index (χ2v) is 7.59. The summed E-state index contributed by atoms with van der Waals surface area (Å²) in [6.07, 6.45) is -4.54. The average molecular weight is 411 g/mol. The third kappa shape index (κ3) is 4.11. The first-order chi connectivity index (χ1) is 13.1. The molecule has 0 bridgehead atoms. The summed E-state index contributed by atoms with van der Waals surface area (Å²) >= 11 is 0. The van der Waals surface area contributed by atoms with Gasteiger partial charge in [0.05, 0.1) is 17.7 Å². The van der Waals surface area contributed by atoms with E-state index < -0.39 is 21.9 Å². The van der Waals surface area contributed by atoms with Gasteiger partial charge in [-0.15, -0.1) is 0 Å². The molecule has 3 aromatic rings. The van der Waals surface area contributed by atoms with E-state index in [4.69, 9.17) is 4.74 Å². The van der Waals surface area contributed by atoms with E-state index in [1.165, 1.54) is 62.6 Å². The number of aromatic nitrogens is 2. The Labute approximate surface area is 159 Å². The fraction of sp³-hybridized carbons (Fsp3) is 0.167. The minimum Gasteiger partial charge on any atom is -0.497 e. The number of aryl methyl sites for hydroxylation is 1. The van der Waals surface area contributed by atoms with Crippen molar-refractivity contribution in [1.82, 2.24) is 9.78 Å². The Balaban J connectivity index is 1.82. The van der Waals surface area contributed by atoms with Gasteiger partial charge in [0.1, 0.15) is 5.75 Å². The molecule has 0 aliphatic heterocycles. The Bertz CT molecular complexity index is 1070. The monoisotopic (exact) mass is 411 g/mol. The van der Waals surface area contributed by atoms with Crippen molar-refractivity contribution in [2.75, 3.05) is 11.8 Å². The molecule has 0 saturated carbocycles. The zero-order valence-electron chi connectivity index (χ0n) is 14.9. The van der Waals surface area contributed by atoms with Gasteiger partial charge in [0, 0.05) is 11.4 Å². The number of benzene rings is 2. The van der Waals surface area contributed by atoms with Crippen LogP contribution < -0.4 is 9.46 Å². The Morgan fingerprint density at radius 2 is 1.64 bits per heavy atom. The number of sulfonamides is 1. The van der Waals surface area contributed by atoms with Crippen molar-refractivity contribution in [3.63, 3.8) is 0 Å². The lowest BCUT2D eigenvalue weighted by molar-refractivity contribution is -0.141. The molecule has 1 aromatic heterocycles. The van der Waals surface area contributed by atoms with Gasteiger partial charge in [-0.2, -0.15) is 18.3 Å². The van der Waals surface area contributed by atoms with Gasteiger partial charge in [-0.1, -0.05) is 0 Å². The highest BCUT2D eigenvalue weighted by atomic mass is 32.2. The number of halogens is 3. The van der Waals surface area contributed by atoms with Crippen LogP contribution in [0.2, 0.25) is 0 Å². The van der Waals surface area contributed by atoms with Gasteiger partial charge in [-0.25, -0.2) is 13.1 Å². The number of hydrogen-bond acceptors (Lipinski definition) is 4. The van der Waals surface area contributed by atoms with Crippen molar-refractivity contribution in [3.05, 3.63) is 66.0 Å². The molecular formula is C18H16F3N3O3S. The highest BCUT2D eigenvalue weighted by Gasteiger charge is 2.34. The molecule has 0 aliphatic carbocycles. The van der Waals surface area contributed by atoms with Gasteiger partial charge in [-0.3, -0.25) is 4.72 Å². The summed E-state index contributed by atoms with van der Waals surface area (Å²) < 4.78 is 71.8. The summed E-state index contributed by atoms with van der Waals surface area (Å²) in [7, 11) is -2.34. The summed E-state index contributed by atoms with van der Waals surface area (Å²) in [4.78, 5) is 0.0510. The first-order valence-electron chi connectivity index (χ1n) is 8.01. The van der Waals surface area contributed by atoms with E-state index in [0.29, 0.717) is 17.1 Å². The van der Waals surface area contributed by atoms with E-state index in [1.807, 2.05) is 0 Å². The number of nitrogens with zero attached hydrogens (tertiary/aromatic N) is 2. The van der Waals surface area contributed by atoms with Crippen molar-refractivity contribution in [1.29, 1.82) is 0 Å². The molecule has 6 nitrogen and oxygen atoms in total. The normalized spacial score (nSPS) is 12.0.